The van der Waals surface area contributed by atoms with Gasteiger partial charge in [-0.05, 0) is 0 Å². The van der Waals surface area contributed by atoms with Crippen LogP contribution in [0.25, 0.3) is 0 Å². The van der Waals surface area contributed by atoms with Gasteiger partial charge >= 0.3 is 75.3 Å². The van der Waals surface area contributed by atoms with Crippen molar-refractivity contribution in [2.45, 2.75) is 11.6 Å². The zero-order valence-corrected chi connectivity index (χ0v) is 9.09. The van der Waals surface area contributed by atoms with Crippen molar-refractivity contribution in [3.8, 4) is 0 Å². The van der Waals surface area contributed by atoms with Crippen LogP contribution in [0, 0.1) is 0 Å². The standard InChI is InChI=1S/C8H9AsBr/c10-9-7-6-8-4-2-1-3-5-8/h1-5H,6-7H2. The van der Waals surface area contributed by atoms with Crippen LogP contribution in [0.4, 0.5) is 0 Å². The molecular formula is C8H9AsBr. The Morgan fingerprint density at radius 1 is 1.20 bits per heavy atom. The predicted octanol–water partition coefficient (Wildman–Crippen LogP) is 2.66. The number of hydrogen-bond acceptors (Lipinski definition) is 0. The van der Waals surface area contributed by atoms with Crippen LogP contribution in [0.5, 0.6) is 0 Å². The molecule has 0 fully saturated rings. The zero-order valence-electron chi connectivity index (χ0n) is 5.63. The SMILES string of the molecule is Br[As]CCc1ccccc1. The van der Waals surface area contributed by atoms with Gasteiger partial charge in [-0.1, -0.05) is 0 Å². The fourth-order valence-electron chi connectivity index (χ4n) is 0.816. The first-order valence-corrected chi connectivity index (χ1v) is 8.97. The van der Waals surface area contributed by atoms with E-state index in [-0.39, 0.29) is 0 Å². The Morgan fingerprint density at radius 2 is 1.90 bits per heavy atom. The third kappa shape index (κ3) is 2.90. The zero-order chi connectivity index (χ0) is 7.23. The van der Waals surface area contributed by atoms with Crippen molar-refractivity contribution in [1.29, 1.82) is 0 Å². The van der Waals surface area contributed by atoms with Crippen molar-refractivity contribution in [2.75, 3.05) is 0 Å². The van der Waals surface area contributed by atoms with E-state index in [1.165, 1.54) is 17.2 Å². The molecule has 0 bridgehead atoms. The monoisotopic (exact) mass is 259 g/mol. The summed E-state index contributed by atoms with van der Waals surface area (Å²) in [5.74, 6) is 0. The Kier molecular flexibility index (Phi) is 4.16. The molecular weight excluding hydrogens is 251 g/mol. The fraction of sp³-hybridized carbons (Fsp3) is 0.250. The van der Waals surface area contributed by atoms with E-state index in [9.17, 15) is 0 Å². The molecule has 0 aliphatic rings. The fourth-order valence-corrected chi connectivity index (χ4v) is 2.46. The molecule has 0 atom stereocenters. The van der Waals surface area contributed by atoms with Crippen LogP contribution in [0.1, 0.15) is 5.56 Å². The van der Waals surface area contributed by atoms with E-state index in [1.807, 2.05) is 0 Å². The van der Waals surface area contributed by atoms with Gasteiger partial charge in [0.1, 0.15) is 0 Å². The molecule has 0 saturated heterocycles. The first kappa shape index (κ1) is 8.36. The summed E-state index contributed by atoms with van der Waals surface area (Å²) in [6.45, 7) is 0. The predicted molar refractivity (Wildman–Crippen MR) is 49.6 cm³/mol. The first-order valence-electron chi connectivity index (χ1n) is 3.25. The summed E-state index contributed by atoms with van der Waals surface area (Å²) in [5, 5.41) is 1.32. The van der Waals surface area contributed by atoms with Crippen LogP contribution in [-0.2, 0) is 6.42 Å². The number of halogens is 1. The van der Waals surface area contributed by atoms with Crippen molar-refractivity contribution >= 4 is 27.8 Å². The van der Waals surface area contributed by atoms with E-state index in [4.69, 9.17) is 0 Å². The summed E-state index contributed by atoms with van der Waals surface area (Å²) in [7, 11) is 0. The van der Waals surface area contributed by atoms with Crippen LogP contribution in [0.2, 0.25) is 5.21 Å². The molecule has 0 nitrogen and oxygen atoms in total. The van der Waals surface area contributed by atoms with Crippen LogP contribution >= 0.6 is 13.9 Å². The summed E-state index contributed by atoms with van der Waals surface area (Å²) in [5.41, 5.74) is 1.46. The number of benzene rings is 1. The third-order valence-corrected chi connectivity index (χ3v) is 3.99. The molecule has 2 heteroatoms. The molecule has 1 aromatic rings. The van der Waals surface area contributed by atoms with E-state index in [1.54, 1.807) is 0 Å². The quantitative estimate of drug-likeness (QED) is 0.733. The normalized spacial score (nSPS) is 10.9. The Balaban J connectivity index is 2.43. The molecule has 0 aliphatic heterocycles. The minimum absolute atomic E-state index is 0.413. The van der Waals surface area contributed by atoms with Crippen molar-refractivity contribution < 1.29 is 0 Å². The van der Waals surface area contributed by atoms with Gasteiger partial charge in [0.05, 0.1) is 0 Å². The van der Waals surface area contributed by atoms with E-state index in [2.05, 4.69) is 44.3 Å². The number of rotatable bonds is 3. The Bertz CT molecular complexity index is 174. The Hall–Kier alpha value is 0.258. The number of aryl methyl sites for hydroxylation is 1. The molecule has 0 amide bonds. The molecule has 10 heavy (non-hydrogen) atoms. The van der Waals surface area contributed by atoms with Gasteiger partial charge in [0.15, 0.2) is 0 Å². The van der Waals surface area contributed by atoms with Crippen LogP contribution in [0.15, 0.2) is 30.3 Å². The molecule has 0 unspecified atom stereocenters. The molecule has 0 aromatic heterocycles. The second-order valence-corrected chi connectivity index (χ2v) is 6.12. The number of hydrogen-bond donors (Lipinski definition) is 0. The first-order chi connectivity index (χ1) is 4.93. The van der Waals surface area contributed by atoms with E-state index in [0.717, 1.165) is 0 Å². The van der Waals surface area contributed by atoms with Gasteiger partial charge in [-0.3, -0.25) is 0 Å². The summed E-state index contributed by atoms with van der Waals surface area (Å²) in [6, 6.07) is 10.6. The molecule has 0 heterocycles. The molecule has 53 valence electrons. The summed E-state index contributed by atoms with van der Waals surface area (Å²) in [6.07, 6.45) is 1.23. The van der Waals surface area contributed by atoms with Gasteiger partial charge in [0.2, 0.25) is 0 Å². The average molecular weight is 260 g/mol. The molecule has 1 aromatic carbocycles. The van der Waals surface area contributed by atoms with Crippen molar-refractivity contribution in [1.82, 2.24) is 0 Å². The Labute approximate surface area is 75.3 Å². The van der Waals surface area contributed by atoms with Crippen LogP contribution in [-0.4, -0.2) is 13.9 Å². The molecule has 0 saturated carbocycles. The third-order valence-electron chi connectivity index (χ3n) is 1.33. The molecule has 1 rings (SSSR count). The second kappa shape index (κ2) is 4.98. The van der Waals surface area contributed by atoms with Gasteiger partial charge in [-0.25, -0.2) is 0 Å². The molecule has 0 N–H and O–H groups in total. The van der Waals surface area contributed by atoms with Crippen molar-refractivity contribution in [2.24, 2.45) is 0 Å². The van der Waals surface area contributed by atoms with E-state index >= 15 is 0 Å². The molecule has 0 aliphatic carbocycles. The molecule has 0 spiro atoms. The van der Waals surface area contributed by atoms with Crippen molar-refractivity contribution in [3.05, 3.63) is 35.9 Å². The van der Waals surface area contributed by atoms with Gasteiger partial charge < -0.3 is 0 Å². The average Bonchev–Trinajstić information content (AvgIpc) is 2.03. The summed E-state index contributed by atoms with van der Waals surface area (Å²) in [4.78, 5) is 0. The van der Waals surface area contributed by atoms with Gasteiger partial charge in [0.25, 0.3) is 0 Å². The second-order valence-electron chi connectivity index (χ2n) is 2.08. The summed E-state index contributed by atoms with van der Waals surface area (Å²) < 4.78 is 0. The maximum atomic E-state index is 3.50. The van der Waals surface area contributed by atoms with E-state index in [0.29, 0.717) is 13.9 Å². The van der Waals surface area contributed by atoms with Gasteiger partial charge in [0, 0.05) is 0 Å². The Morgan fingerprint density at radius 3 is 2.50 bits per heavy atom. The van der Waals surface area contributed by atoms with Gasteiger partial charge in [-0.2, -0.15) is 0 Å². The van der Waals surface area contributed by atoms with E-state index < -0.39 is 0 Å². The van der Waals surface area contributed by atoms with Crippen LogP contribution < -0.4 is 0 Å². The van der Waals surface area contributed by atoms with Crippen molar-refractivity contribution in [3.63, 3.8) is 0 Å². The minimum atomic E-state index is 0.413. The molecule has 1 radical (unpaired) electrons. The topological polar surface area (TPSA) is 0 Å². The summed E-state index contributed by atoms with van der Waals surface area (Å²) >= 11 is 3.91. The maximum absolute atomic E-state index is 3.50. The van der Waals surface area contributed by atoms with Gasteiger partial charge in [-0.15, -0.1) is 0 Å². The van der Waals surface area contributed by atoms with Crippen LogP contribution in [0.3, 0.4) is 0 Å².